The topological polar surface area (TPSA) is 73.3 Å². The lowest BCUT2D eigenvalue weighted by molar-refractivity contribution is -0.139. The van der Waals surface area contributed by atoms with E-state index in [-0.39, 0.29) is 30.4 Å². The zero-order valence-electron chi connectivity index (χ0n) is 14.4. The second-order valence-corrected chi connectivity index (χ2v) is 6.38. The third-order valence-electron chi connectivity index (χ3n) is 4.76. The van der Waals surface area contributed by atoms with Gasteiger partial charge in [0.2, 0.25) is 11.8 Å². The Morgan fingerprint density at radius 2 is 1.36 bits per heavy atom. The second kappa shape index (κ2) is 8.20. The molecule has 136 valence electrons. The highest BCUT2D eigenvalue weighted by Gasteiger charge is 2.23. The maximum Gasteiger partial charge on any atom is 0.223 e. The van der Waals surface area contributed by atoms with Crippen molar-refractivity contribution in [2.75, 3.05) is 57.4 Å². The summed E-state index contributed by atoms with van der Waals surface area (Å²) in [5.74, 6) is 0.342. The average molecular weight is 347 g/mol. The summed E-state index contributed by atoms with van der Waals surface area (Å²) in [6, 6.07) is 7.11. The molecule has 0 aromatic heterocycles. The molecule has 0 bridgehead atoms. The van der Waals surface area contributed by atoms with Crippen molar-refractivity contribution in [1.29, 1.82) is 0 Å². The normalized spacial score (nSPS) is 18.3. The Morgan fingerprint density at radius 1 is 0.840 bits per heavy atom. The molecule has 7 heteroatoms. The number of piperazine rings is 1. The molecule has 0 aliphatic carbocycles. The standard InChI is InChI=1S/C18H25N3O4/c22-16-3-1-15(2-4-16)19-7-9-20(10-8-19)17(23)5-6-18(24)21-11-13-25-14-12-21/h1-4,22H,5-14H2. The molecule has 25 heavy (non-hydrogen) atoms. The van der Waals surface area contributed by atoms with Crippen LogP contribution in [0.25, 0.3) is 0 Å². The molecular weight excluding hydrogens is 322 g/mol. The van der Waals surface area contributed by atoms with Crippen LogP contribution in [-0.4, -0.2) is 79.2 Å². The summed E-state index contributed by atoms with van der Waals surface area (Å²) in [5.41, 5.74) is 1.05. The Morgan fingerprint density at radius 3 is 1.92 bits per heavy atom. The third-order valence-corrected chi connectivity index (χ3v) is 4.76. The lowest BCUT2D eigenvalue weighted by Gasteiger charge is -2.36. The van der Waals surface area contributed by atoms with E-state index < -0.39 is 0 Å². The van der Waals surface area contributed by atoms with Crippen LogP contribution in [0.4, 0.5) is 5.69 Å². The van der Waals surface area contributed by atoms with E-state index in [1.165, 1.54) is 0 Å². The predicted molar refractivity (Wildman–Crippen MR) is 93.5 cm³/mol. The van der Waals surface area contributed by atoms with Crippen molar-refractivity contribution in [1.82, 2.24) is 9.80 Å². The number of morpholine rings is 1. The summed E-state index contributed by atoms with van der Waals surface area (Å²) in [5, 5.41) is 9.36. The molecule has 2 heterocycles. The fourth-order valence-electron chi connectivity index (χ4n) is 3.22. The summed E-state index contributed by atoms with van der Waals surface area (Å²) >= 11 is 0. The molecule has 0 radical (unpaired) electrons. The fraction of sp³-hybridized carbons (Fsp3) is 0.556. The molecule has 2 amide bonds. The molecule has 2 aliphatic heterocycles. The first kappa shape index (κ1) is 17.5. The molecular formula is C18H25N3O4. The van der Waals surface area contributed by atoms with E-state index in [1.54, 1.807) is 17.0 Å². The van der Waals surface area contributed by atoms with E-state index in [0.717, 1.165) is 18.8 Å². The predicted octanol–water partition coefficient (Wildman–Crippen LogP) is 0.680. The quantitative estimate of drug-likeness (QED) is 0.867. The Labute approximate surface area is 147 Å². The largest absolute Gasteiger partial charge is 0.508 e. The van der Waals surface area contributed by atoms with Gasteiger partial charge in [0.25, 0.3) is 0 Å². The SMILES string of the molecule is O=C(CCC(=O)N1CCN(c2ccc(O)cc2)CC1)N1CCOCC1. The zero-order valence-corrected chi connectivity index (χ0v) is 14.4. The fourth-order valence-corrected chi connectivity index (χ4v) is 3.22. The minimum atomic E-state index is 0.0411. The van der Waals surface area contributed by atoms with E-state index in [1.807, 2.05) is 17.0 Å². The molecule has 2 aliphatic rings. The smallest absolute Gasteiger partial charge is 0.223 e. The Balaban J connectivity index is 1.42. The minimum Gasteiger partial charge on any atom is -0.508 e. The number of hydrogen-bond acceptors (Lipinski definition) is 5. The van der Waals surface area contributed by atoms with Crippen LogP contribution >= 0.6 is 0 Å². The number of carbonyl (C=O) groups is 2. The molecule has 1 N–H and O–H groups in total. The highest BCUT2D eigenvalue weighted by atomic mass is 16.5. The molecule has 7 nitrogen and oxygen atoms in total. The lowest BCUT2D eigenvalue weighted by Crippen LogP contribution is -2.49. The Bertz CT molecular complexity index is 591. The van der Waals surface area contributed by atoms with Crippen molar-refractivity contribution in [3.63, 3.8) is 0 Å². The van der Waals surface area contributed by atoms with E-state index in [4.69, 9.17) is 4.74 Å². The highest BCUT2D eigenvalue weighted by Crippen LogP contribution is 2.20. The van der Waals surface area contributed by atoms with Gasteiger partial charge in [-0.1, -0.05) is 0 Å². The van der Waals surface area contributed by atoms with Crippen molar-refractivity contribution in [3.05, 3.63) is 24.3 Å². The number of phenols is 1. The van der Waals surface area contributed by atoms with Crippen LogP contribution in [0.1, 0.15) is 12.8 Å². The number of carbonyl (C=O) groups excluding carboxylic acids is 2. The van der Waals surface area contributed by atoms with Gasteiger partial charge in [-0.05, 0) is 24.3 Å². The van der Waals surface area contributed by atoms with Gasteiger partial charge in [0.05, 0.1) is 13.2 Å². The van der Waals surface area contributed by atoms with Crippen molar-refractivity contribution in [2.45, 2.75) is 12.8 Å². The molecule has 0 atom stereocenters. The molecule has 0 saturated carbocycles. The summed E-state index contributed by atoms with van der Waals surface area (Å²) in [6.45, 7) is 5.24. The van der Waals surface area contributed by atoms with Crippen molar-refractivity contribution < 1.29 is 19.4 Å². The van der Waals surface area contributed by atoms with Gasteiger partial charge in [-0.25, -0.2) is 0 Å². The lowest BCUT2D eigenvalue weighted by atomic mass is 10.2. The van der Waals surface area contributed by atoms with Gasteiger partial charge in [-0.15, -0.1) is 0 Å². The van der Waals surface area contributed by atoms with Gasteiger partial charge in [0.1, 0.15) is 5.75 Å². The Hall–Kier alpha value is -2.28. The zero-order chi connectivity index (χ0) is 17.6. The number of aromatic hydroxyl groups is 1. The summed E-state index contributed by atoms with van der Waals surface area (Å²) < 4.78 is 5.24. The van der Waals surface area contributed by atoms with Crippen LogP contribution in [0.2, 0.25) is 0 Å². The highest BCUT2D eigenvalue weighted by molar-refractivity contribution is 5.84. The average Bonchev–Trinajstić information content (AvgIpc) is 2.67. The second-order valence-electron chi connectivity index (χ2n) is 6.38. The van der Waals surface area contributed by atoms with Crippen LogP contribution in [0, 0.1) is 0 Å². The van der Waals surface area contributed by atoms with Crippen LogP contribution in [0.5, 0.6) is 5.75 Å². The van der Waals surface area contributed by atoms with Crippen molar-refractivity contribution in [3.8, 4) is 5.75 Å². The number of phenolic OH excluding ortho intramolecular Hbond substituents is 1. The van der Waals surface area contributed by atoms with Gasteiger partial charge < -0.3 is 24.5 Å². The molecule has 2 saturated heterocycles. The monoisotopic (exact) mass is 347 g/mol. The van der Waals surface area contributed by atoms with Gasteiger partial charge in [0, 0.05) is 57.8 Å². The summed E-state index contributed by atoms with van der Waals surface area (Å²) in [7, 11) is 0. The van der Waals surface area contributed by atoms with E-state index >= 15 is 0 Å². The van der Waals surface area contributed by atoms with E-state index in [0.29, 0.717) is 39.4 Å². The van der Waals surface area contributed by atoms with Crippen LogP contribution in [-0.2, 0) is 14.3 Å². The molecule has 0 spiro atoms. The summed E-state index contributed by atoms with van der Waals surface area (Å²) in [6.07, 6.45) is 0.548. The molecule has 2 fully saturated rings. The number of benzene rings is 1. The van der Waals surface area contributed by atoms with Crippen molar-refractivity contribution >= 4 is 17.5 Å². The van der Waals surface area contributed by atoms with Gasteiger partial charge in [-0.3, -0.25) is 9.59 Å². The van der Waals surface area contributed by atoms with Gasteiger partial charge in [0.15, 0.2) is 0 Å². The van der Waals surface area contributed by atoms with Crippen molar-refractivity contribution in [2.24, 2.45) is 0 Å². The maximum atomic E-state index is 12.4. The first-order valence-electron chi connectivity index (χ1n) is 8.81. The number of anilines is 1. The number of rotatable bonds is 4. The van der Waals surface area contributed by atoms with Gasteiger partial charge in [-0.2, -0.15) is 0 Å². The van der Waals surface area contributed by atoms with E-state index in [2.05, 4.69) is 4.90 Å². The minimum absolute atomic E-state index is 0.0411. The summed E-state index contributed by atoms with van der Waals surface area (Å²) in [4.78, 5) is 30.3. The first-order chi connectivity index (χ1) is 12.1. The number of amides is 2. The van der Waals surface area contributed by atoms with Crippen LogP contribution < -0.4 is 4.90 Å². The number of hydrogen-bond donors (Lipinski definition) is 1. The third kappa shape index (κ3) is 4.63. The van der Waals surface area contributed by atoms with Crippen LogP contribution in [0.15, 0.2) is 24.3 Å². The number of nitrogens with zero attached hydrogens (tertiary/aromatic N) is 3. The molecule has 0 unspecified atom stereocenters. The van der Waals surface area contributed by atoms with E-state index in [9.17, 15) is 14.7 Å². The maximum absolute atomic E-state index is 12.4. The number of ether oxygens (including phenoxy) is 1. The first-order valence-corrected chi connectivity index (χ1v) is 8.81. The van der Waals surface area contributed by atoms with Crippen LogP contribution in [0.3, 0.4) is 0 Å². The molecule has 1 aromatic rings. The molecule has 1 aromatic carbocycles. The molecule has 3 rings (SSSR count). The Kier molecular flexibility index (Phi) is 5.75. The van der Waals surface area contributed by atoms with Gasteiger partial charge >= 0.3 is 0 Å².